The smallest absolute Gasteiger partial charge is 0.224 e. The summed E-state index contributed by atoms with van der Waals surface area (Å²) in [5.41, 5.74) is 1.06. The third-order valence-electron chi connectivity index (χ3n) is 3.66. The van der Waals surface area contributed by atoms with Crippen molar-refractivity contribution in [1.82, 2.24) is 15.2 Å². The van der Waals surface area contributed by atoms with Gasteiger partial charge in [0.15, 0.2) is 0 Å². The van der Waals surface area contributed by atoms with Crippen molar-refractivity contribution in [3.8, 4) is 0 Å². The van der Waals surface area contributed by atoms with E-state index in [1.54, 1.807) is 23.2 Å². The van der Waals surface area contributed by atoms with E-state index in [9.17, 15) is 9.59 Å². The monoisotopic (exact) mass is 295 g/mol. The minimum Gasteiger partial charge on any atom is -0.355 e. The molecule has 1 aromatic rings. The number of carbonyl (C=O) groups excluding carboxylic acids is 2. The summed E-state index contributed by atoms with van der Waals surface area (Å²) in [4.78, 5) is 30.6. The van der Waals surface area contributed by atoms with E-state index < -0.39 is 0 Å². The Kier molecular flexibility index (Phi) is 4.75. The van der Waals surface area contributed by atoms with Crippen molar-refractivity contribution in [3.63, 3.8) is 0 Å². The summed E-state index contributed by atoms with van der Waals surface area (Å²) < 4.78 is 0. The maximum Gasteiger partial charge on any atom is 0.224 e. The molecule has 0 saturated carbocycles. The number of rotatable bonds is 4. The van der Waals surface area contributed by atoms with Gasteiger partial charge in [0.2, 0.25) is 11.8 Å². The summed E-state index contributed by atoms with van der Waals surface area (Å²) in [6, 6.07) is 0. The Labute approximate surface area is 123 Å². The van der Waals surface area contributed by atoms with Gasteiger partial charge in [0, 0.05) is 37.9 Å². The lowest BCUT2D eigenvalue weighted by molar-refractivity contribution is -0.128. The molecule has 0 bridgehead atoms. The van der Waals surface area contributed by atoms with Gasteiger partial charge in [0.25, 0.3) is 0 Å². The van der Waals surface area contributed by atoms with Crippen LogP contribution in [0.1, 0.15) is 28.9 Å². The summed E-state index contributed by atoms with van der Waals surface area (Å²) in [6.07, 6.45) is 1.59. The van der Waals surface area contributed by atoms with Gasteiger partial charge in [-0.15, -0.1) is 11.3 Å². The maximum absolute atomic E-state index is 12.0. The molecule has 0 unspecified atom stereocenters. The second kappa shape index (κ2) is 6.35. The molecule has 1 aliphatic rings. The number of nitrogens with one attached hydrogen (secondary N) is 1. The fourth-order valence-electron chi connectivity index (χ4n) is 2.51. The highest BCUT2D eigenvalue weighted by Gasteiger charge is 2.29. The van der Waals surface area contributed by atoms with Crippen LogP contribution in [0, 0.1) is 19.8 Å². The lowest BCUT2D eigenvalue weighted by atomic mass is 10.1. The summed E-state index contributed by atoms with van der Waals surface area (Å²) in [6.45, 7) is 7.43. The van der Waals surface area contributed by atoms with Crippen LogP contribution in [0.2, 0.25) is 0 Å². The van der Waals surface area contributed by atoms with Crippen molar-refractivity contribution in [2.24, 2.45) is 5.92 Å². The molecular weight excluding hydrogens is 274 g/mol. The number of amides is 2. The van der Waals surface area contributed by atoms with Gasteiger partial charge in [-0.05, 0) is 20.3 Å². The van der Waals surface area contributed by atoms with Crippen LogP contribution in [0.25, 0.3) is 0 Å². The first-order valence-electron chi connectivity index (χ1n) is 6.93. The largest absolute Gasteiger partial charge is 0.355 e. The van der Waals surface area contributed by atoms with Crippen molar-refractivity contribution in [3.05, 3.63) is 15.6 Å². The van der Waals surface area contributed by atoms with Crippen molar-refractivity contribution in [2.75, 3.05) is 19.6 Å². The topological polar surface area (TPSA) is 62.3 Å². The number of likely N-dealkylation sites (tertiary alicyclic amines) is 1. The minimum atomic E-state index is -0.0526. The molecule has 0 aromatic carbocycles. The van der Waals surface area contributed by atoms with Gasteiger partial charge in [-0.2, -0.15) is 0 Å². The van der Waals surface area contributed by atoms with Gasteiger partial charge in [-0.1, -0.05) is 0 Å². The number of thiazole rings is 1. The number of nitrogens with zero attached hydrogens (tertiary/aromatic N) is 2. The highest BCUT2D eigenvalue weighted by molar-refractivity contribution is 7.11. The zero-order chi connectivity index (χ0) is 14.7. The summed E-state index contributed by atoms with van der Waals surface area (Å²) in [7, 11) is 0. The van der Waals surface area contributed by atoms with Crippen LogP contribution in [-0.2, 0) is 16.0 Å². The molecule has 1 aliphatic heterocycles. The van der Waals surface area contributed by atoms with Crippen LogP contribution in [0.5, 0.6) is 0 Å². The third-order valence-corrected chi connectivity index (χ3v) is 4.79. The van der Waals surface area contributed by atoms with Crippen LogP contribution in [-0.4, -0.2) is 41.3 Å². The Balaban J connectivity index is 1.76. The fourth-order valence-corrected chi connectivity index (χ4v) is 3.45. The molecule has 0 spiro atoms. The standard InChI is InChI=1S/C14H21N3O2S/c1-9-13(20-10(2)16-9)4-6-15-14(19)12-5-7-17(8-12)11(3)18/h12H,4-8H2,1-3H3,(H,15,19)/t12-/m0/s1. The number of aryl methyl sites for hydroxylation is 2. The van der Waals surface area contributed by atoms with Gasteiger partial charge in [-0.25, -0.2) is 4.98 Å². The van der Waals surface area contributed by atoms with E-state index in [0.29, 0.717) is 19.6 Å². The van der Waals surface area contributed by atoms with Gasteiger partial charge in [0.1, 0.15) is 0 Å². The molecule has 2 rings (SSSR count). The Bertz CT molecular complexity index is 513. The zero-order valence-electron chi connectivity index (χ0n) is 12.2. The molecule has 1 fully saturated rings. The predicted octanol–water partition coefficient (Wildman–Crippen LogP) is 1.29. The maximum atomic E-state index is 12.0. The quantitative estimate of drug-likeness (QED) is 0.910. The first-order valence-corrected chi connectivity index (χ1v) is 7.75. The number of carbonyl (C=O) groups is 2. The lowest BCUT2D eigenvalue weighted by Gasteiger charge is -2.13. The van der Waals surface area contributed by atoms with Crippen molar-refractivity contribution < 1.29 is 9.59 Å². The van der Waals surface area contributed by atoms with Gasteiger partial charge in [-0.3, -0.25) is 9.59 Å². The molecule has 2 amide bonds. The van der Waals surface area contributed by atoms with Gasteiger partial charge in [0.05, 0.1) is 16.6 Å². The van der Waals surface area contributed by atoms with E-state index in [2.05, 4.69) is 10.3 Å². The molecule has 110 valence electrons. The SMILES string of the molecule is CC(=O)N1CC[C@H](C(=O)NCCc2sc(C)nc2C)C1. The first kappa shape index (κ1) is 15.0. The highest BCUT2D eigenvalue weighted by Crippen LogP contribution is 2.18. The normalized spacial score (nSPS) is 18.4. The van der Waals surface area contributed by atoms with E-state index in [0.717, 1.165) is 23.5 Å². The van der Waals surface area contributed by atoms with Crippen molar-refractivity contribution in [1.29, 1.82) is 0 Å². The van der Waals surface area contributed by atoms with Crippen LogP contribution in [0.15, 0.2) is 0 Å². The summed E-state index contributed by atoms with van der Waals surface area (Å²) in [5.74, 6) is 0.0619. The third kappa shape index (κ3) is 3.56. The molecule has 0 aliphatic carbocycles. The van der Waals surface area contributed by atoms with E-state index in [1.165, 1.54) is 4.88 Å². The Morgan fingerprint density at radius 3 is 2.75 bits per heavy atom. The molecule has 1 N–H and O–H groups in total. The van der Waals surface area contributed by atoms with E-state index >= 15 is 0 Å². The molecule has 2 heterocycles. The van der Waals surface area contributed by atoms with E-state index in [4.69, 9.17) is 0 Å². The number of hydrogen-bond acceptors (Lipinski definition) is 4. The molecular formula is C14H21N3O2S. The molecule has 20 heavy (non-hydrogen) atoms. The molecule has 1 saturated heterocycles. The summed E-state index contributed by atoms with van der Waals surface area (Å²) in [5, 5.41) is 4.04. The van der Waals surface area contributed by atoms with Crippen molar-refractivity contribution >= 4 is 23.2 Å². The van der Waals surface area contributed by atoms with Crippen LogP contribution >= 0.6 is 11.3 Å². The number of aromatic nitrogens is 1. The number of hydrogen-bond donors (Lipinski definition) is 1. The summed E-state index contributed by atoms with van der Waals surface area (Å²) >= 11 is 1.69. The van der Waals surface area contributed by atoms with Gasteiger partial charge >= 0.3 is 0 Å². The van der Waals surface area contributed by atoms with E-state index in [-0.39, 0.29) is 17.7 Å². The van der Waals surface area contributed by atoms with Crippen molar-refractivity contribution in [2.45, 2.75) is 33.6 Å². The second-order valence-corrected chi connectivity index (χ2v) is 6.52. The molecule has 5 nitrogen and oxygen atoms in total. The van der Waals surface area contributed by atoms with Gasteiger partial charge < -0.3 is 10.2 Å². The van der Waals surface area contributed by atoms with E-state index in [1.807, 2.05) is 13.8 Å². The Hall–Kier alpha value is -1.43. The minimum absolute atomic E-state index is 0.0519. The molecule has 6 heteroatoms. The highest BCUT2D eigenvalue weighted by atomic mass is 32.1. The average Bonchev–Trinajstić information content (AvgIpc) is 2.97. The van der Waals surface area contributed by atoms with Crippen LogP contribution < -0.4 is 5.32 Å². The first-order chi connectivity index (χ1) is 9.47. The second-order valence-electron chi connectivity index (χ2n) is 5.23. The van der Waals surface area contributed by atoms with Crippen LogP contribution in [0.3, 0.4) is 0 Å². The average molecular weight is 295 g/mol. The molecule has 1 aromatic heterocycles. The fraction of sp³-hybridized carbons (Fsp3) is 0.643. The molecule has 0 radical (unpaired) electrons. The lowest BCUT2D eigenvalue weighted by Crippen LogP contribution is -2.34. The zero-order valence-corrected chi connectivity index (χ0v) is 13.0. The molecule has 1 atom stereocenters. The Morgan fingerprint density at radius 2 is 2.20 bits per heavy atom. The Morgan fingerprint density at radius 1 is 1.45 bits per heavy atom. The van der Waals surface area contributed by atoms with Crippen LogP contribution in [0.4, 0.5) is 0 Å². The predicted molar refractivity (Wildman–Crippen MR) is 78.7 cm³/mol.